The molecule has 0 aromatic heterocycles. The van der Waals surface area contributed by atoms with Crippen LogP contribution in [0.5, 0.6) is 17.2 Å². The Labute approximate surface area is 226 Å². The van der Waals surface area contributed by atoms with Crippen molar-refractivity contribution >= 4 is 57.1 Å². The van der Waals surface area contributed by atoms with Crippen molar-refractivity contribution in [3.8, 4) is 17.2 Å². The van der Waals surface area contributed by atoms with E-state index in [4.69, 9.17) is 25.8 Å². The van der Waals surface area contributed by atoms with Crippen LogP contribution in [0.4, 0.5) is 10.5 Å². The molecule has 190 valence electrons. The molecule has 1 N–H and O–H groups in total. The monoisotopic (exact) mass is 584 g/mol. The minimum atomic E-state index is -0.845. The van der Waals surface area contributed by atoms with E-state index in [0.717, 1.165) is 10.5 Å². The van der Waals surface area contributed by atoms with Crippen molar-refractivity contribution in [1.29, 1.82) is 0 Å². The molecule has 0 aliphatic carbocycles. The summed E-state index contributed by atoms with van der Waals surface area (Å²) in [5.41, 5.74) is 1.40. The second kappa shape index (κ2) is 11.5. The quantitative estimate of drug-likeness (QED) is 0.267. The van der Waals surface area contributed by atoms with Gasteiger partial charge in [-0.25, -0.2) is 9.69 Å². The Morgan fingerprint density at radius 1 is 1.03 bits per heavy atom. The van der Waals surface area contributed by atoms with Gasteiger partial charge in [0.25, 0.3) is 11.8 Å². The minimum absolute atomic E-state index is 0.210. The summed E-state index contributed by atoms with van der Waals surface area (Å²) in [4.78, 5) is 39.3. The summed E-state index contributed by atoms with van der Waals surface area (Å²) >= 11 is 9.58. The molecule has 3 aromatic rings. The van der Waals surface area contributed by atoms with E-state index in [1.807, 2.05) is 25.1 Å². The fourth-order valence-corrected chi connectivity index (χ4v) is 4.47. The van der Waals surface area contributed by atoms with Crippen LogP contribution >= 0.6 is 27.5 Å². The Balaban J connectivity index is 1.58. The topological polar surface area (TPSA) is 94.2 Å². The van der Waals surface area contributed by atoms with Crippen LogP contribution < -0.4 is 24.4 Å². The zero-order valence-electron chi connectivity index (χ0n) is 19.9. The van der Waals surface area contributed by atoms with Crippen molar-refractivity contribution in [3.05, 3.63) is 86.9 Å². The highest BCUT2D eigenvalue weighted by Gasteiger charge is 2.37. The lowest BCUT2D eigenvalue weighted by molar-refractivity contribution is -0.122. The number of anilines is 1. The predicted octanol–water partition coefficient (Wildman–Crippen LogP) is 5.76. The number of carbonyl (C=O) groups is 3. The maximum atomic E-state index is 13.3. The second-order valence-corrected chi connectivity index (χ2v) is 9.06. The molecule has 8 nitrogen and oxygen atoms in total. The Hall–Kier alpha value is -3.82. The van der Waals surface area contributed by atoms with Crippen molar-refractivity contribution in [1.82, 2.24) is 5.32 Å². The van der Waals surface area contributed by atoms with Gasteiger partial charge in [0, 0.05) is 10.6 Å². The van der Waals surface area contributed by atoms with E-state index in [9.17, 15) is 14.4 Å². The second-order valence-electron chi connectivity index (χ2n) is 7.80. The Bertz CT molecular complexity index is 1390. The number of amides is 4. The lowest BCUT2D eigenvalue weighted by atomic mass is 10.1. The average Bonchev–Trinajstić information content (AvgIpc) is 2.87. The van der Waals surface area contributed by atoms with Gasteiger partial charge in [0.2, 0.25) is 0 Å². The number of ether oxygens (including phenoxy) is 3. The molecule has 0 radical (unpaired) electrons. The summed E-state index contributed by atoms with van der Waals surface area (Å²) in [7, 11) is 1.51. The number of nitrogens with one attached hydrogen (secondary N) is 1. The number of hydrogen-bond acceptors (Lipinski definition) is 6. The molecule has 4 rings (SSSR count). The number of hydrogen-bond donors (Lipinski definition) is 1. The van der Waals surface area contributed by atoms with Crippen molar-refractivity contribution in [3.63, 3.8) is 0 Å². The summed E-state index contributed by atoms with van der Waals surface area (Å²) < 4.78 is 17.3. The largest absolute Gasteiger partial charge is 0.492 e. The predicted molar refractivity (Wildman–Crippen MR) is 143 cm³/mol. The molecule has 0 unspecified atom stereocenters. The van der Waals surface area contributed by atoms with Crippen LogP contribution in [0.25, 0.3) is 6.08 Å². The highest BCUT2D eigenvalue weighted by molar-refractivity contribution is 9.10. The molecule has 0 saturated carbocycles. The van der Waals surface area contributed by atoms with E-state index in [-0.39, 0.29) is 17.9 Å². The van der Waals surface area contributed by atoms with E-state index >= 15 is 0 Å². The molecule has 1 fully saturated rings. The summed E-state index contributed by atoms with van der Waals surface area (Å²) in [5, 5.41) is 2.81. The average molecular weight is 586 g/mol. The molecule has 1 saturated heterocycles. The fraction of sp³-hybridized carbons (Fsp3) is 0.148. The number of halogens is 2. The van der Waals surface area contributed by atoms with Crippen molar-refractivity contribution in [2.24, 2.45) is 0 Å². The summed E-state index contributed by atoms with van der Waals surface area (Å²) in [6, 6.07) is 16.2. The zero-order valence-corrected chi connectivity index (χ0v) is 22.3. The first kappa shape index (κ1) is 26.2. The van der Waals surface area contributed by atoms with Gasteiger partial charge in [-0.05, 0) is 77.0 Å². The van der Waals surface area contributed by atoms with Gasteiger partial charge in [0.15, 0.2) is 11.5 Å². The van der Waals surface area contributed by atoms with Gasteiger partial charge >= 0.3 is 6.03 Å². The van der Waals surface area contributed by atoms with Gasteiger partial charge < -0.3 is 14.2 Å². The van der Waals surface area contributed by atoms with Gasteiger partial charge in [-0.15, -0.1) is 0 Å². The number of carbonyl (C=O) groups excluding carboxylic acids is 3. The van der Waals surface area contributed by atoms with E-state index in [1.165, 1.54) is 13.2 Å². The highest BCUT2D eigenvalue weighted by Crippen LogP contribution is 2.37. The molecule has 0 bridgehead atoms. The third-order valence-electron chi connectivity index (χ3n) is 5.40. The molecule has 1 aliphatic heterocycles. The number of nitrogens with zero attached hydrogens (tertiary/aromatic N) is 1. The summed E-state index contributed by atoms with van der Waals surface area (Å²) in [6.07, 6.45) is 1.39. The van der Waals surface area contributed by atoms with E-state index in [0.29, 0.717) is 38.9 Å². The van der Waals surface area contributed by atoms with E-state index in [2.05, 4.69) is 21.2 Å². The number of imide groups is 2. The summed E-state index contributed by atoms with van der Waals surface area (Å²) in [5.74, 6) is -0.113. The fourth-order valence-electron chi connectivity index (χ4n) is 3.66. The molecule has 10 heteroatoms. The molecule has 1 aliphatic rings. The van der Waals surface area contributed by atoms with Crippen LogP contribution in [0.3, 0.4) is 0 Å². The molecule has 0 spiro atoms. The standard InChI is InChI=1S/C27H22BrClN2O6/c1-3-36-23-14-16(13-21(28)24(23)35-2)12-20-25(32)30-27(34)31(26(20)33)18-8-10-19(11-9-18)37-15-17-6-4-5-7-22(17)29/h4-14H,3,15H2,1-2H3,(H,30,32,34)/b20-12+. The van der Waals surface area contributed by atoms with Crippen molar-refractivity contribution in [2.45, 2.75) is 13.5 Å². The maximum absolute atomic E-state index is 13.3. The Morgan fingerprint density at radius 2 is 1.76 bits per heavy atom. The first-order chi connectivity index (χ1) is 17.8. The Kier molecular flexibility index (Phi) is 8.15. The number of barbiturate groups is 1. The third kappa shape index (κ3) is 5.79. The molecule has 3 aromatic carbocycles. The lowest BCUT2D eigenvalue weighted by Gasteiger charge is -2.26. The number of urea groups is 1. The van der Waals surface area contributed by atoms with Crippen molar-refractivity contribution < 1.29 is 28.6 Å². The zero-order chi connectivity index (χ0) is 26.5. The van der Waals surface area contributed by atoms with Crippen LogP contribution in [-0.2, 0) is 16.2 Å². The number of benzene rings is 3. The van der Waals surface area contributed by atoms with Crippen LogP contribution in [0.2, 0.25) is 5.02 Å². The number of rotatable bonds is 8. The van der Waals surface area contributed by atoms with Crippen molar-refractivity contribution in [2.75, 3.05) is 18.6 Å². The maximum Gasteiger partial charge on any atom is 0.335 e. The molecular weight excluding hydrogens is 564 g/mol. The van der Waals surface area contributed by atoms with E-state index < -0.39 is 17.8 Å². The molecule has 0 atom stereocenters. The third-order valence-corrected chi connectivity index (χ3v) is 6.35. The first-order valence-electron chi connectivity index (χ1n) is 11.2. The number of methoxy groups -OCH3 is 1. The molecular formula is C27H22BrClN2O6. The van der Waals surface area contributed by atoms with Gasteiger partial charge in [-0.2, -0.15) is 0 Å². The minimum Gasteiger partial charge on any atom is -0.492 e. The van der Waals surface area contributed by atoms with Crippen LogP contribution in [0.1, 0.15) is 18.1 Å². The first-order valence-corrected chi connectivity index (χ1v) is 12.4. The smallest absolute Gasteiger partial charge is 0.335 e. The molecule has 37 heavy (non-hydrogen) atoms. The van der Waals surface area contributed by atoms with Gasteiger partial charge in [-0.3, -0.25) is 14.9 Å². The molecule has 1 heterocycles. The van der Waals surface area contributed by atoms with E-state index in [1.54, 1.807) is 42.5 Å². The normalized spacial score (nSPS) is 14.5. The summed E-state index contributed by atoms with van der Waals surface area (Å²) in [6.45, 7) is 2.47. The van der Waals surface area contributed by atoms with Crippen LogP contribution in [0, 0.1) is 0 Å². The van der Waals surface area contributed by atoms with Gasteiger partial charge in [0.1, 0.15) is 17.9 Å². The Morgan fingerprint density at radius 3 is 2.43 bits per heavy atom. The molecule has 4 amide bonds. The van der Waals surface area contributed by atoms with Crippen LogP contribution in [0.15, 0.2) is 70.7 Å². The SMILES string of the molecule is CCOc1cc(/C=C2\C(=O)NC(=O)N(c3ccc(OCc4ccccc4Cl)cc3)C2=O)cc(Br)c1OC. The van der Waals surface area contributed by atoms with Gasteiger partial charge in [0.05, 0.1) is 23.9 Å². The van der Waals surface area contributed by atoms with Gasteiger partial charge in [-0.1, -0.05) is 29.8 Å². The highest BCUT2D eigenvalue weighted by atomic mass is 79.9. The van der Waals surface area contributed by atoms with Crippen LogP contribution in [-0.4, -0.2) is 31.6 Å². The lowest BCUT2D eigenvalue weighted by Crippen LogP contribution is -2.54.